The van der Waals surface area contributed by atoms with Crippen LogP contribution in [-0.2, 0) is 4.74 Å². The Kier molecular flexibility index (Phi) is 9.42. The number of hydrogen-bond donors (Lipinski definition) is 3. The fourth-order valence-corrected chi connectivity index (χ4v) is 5.68. The maximum absolute atomic E-state index is 13.1. The minimum absolute atomic E-state index is 0.0292. The van der Waals surface area contributed by atoms with Crippen LogP contribution in [0.2, 0.25) is 5.02 Å². The molecule has 208 valence electrons. The molecule has 0 radical (unpaired) electrons. The summed E-state index contributed by atoms with van der Waals surface area (Å²) in [5, 5.41) is 16.9. The van der Waals surface area contributed by atoms with Gasteiger partial charge in [0.1, 0.15) is 17.8 Å². The standard InChI is InChI=1S/C30H38ClN5O3/c31-25-4-5-27(28(21-25)30(38)33-10-15-35-13-8-32-9-14-35)23-6-11-34(12-7-23)16-17-36-18-19-39-29(22-36)24-2-1-3-26(37)20-24/h1-5,18-23,32,37H,6-17H2,(H,33,38). The SMILES string of the molecule is O=C(NCCN1CCNCC1)c1cc(Cl)ccc1C1CCN(CCN2C=COC(c3cccc(O)c3)=C2)CC1. The van der Waals surface area contributed by atoms with Gasteiger partial charge in [-0.3, -0.25) is 9.69 Å². The topological polar surface area (TPSA) is 80.3 Å². The summed E-state index contributed by atoms with van der Waals surface area (Å²) >= 11 is 6.31. The molecule has 0 aliphatic carbocycles. The van der Waals surface area contributed by atoms with Gasteiger partial charge in [-0.05, 0) is 61.7 Å². The molecule has 0 atom stereocenters. The lowest BCUT2D eigenvalue weighted by molar-refractivity contribution is 0.0945. The van der Waals surface area contributed by atoms with E-state index in [-0.39, 0.29) is 11.7 Å². The van der Waals surface area contributed by atoms with Gasteiger partial charge in [-0.25, -0.2) is 0 Å². The lowest BCUT2D eigenvalue weighted by Crippen LogP contribution is -2.46. The lowest BCUT2D eigenvalue weighted by Gasteiger charge is -2.34. The highest BCUT2D eigenvalue weighted by atomic mass is 35.5. The van der Waals surface area contributed by atoms with E-state index in [2.05, 4.69) is 25.3 Å². The second-order valence-corrected chi connectivity index (χ2v) is 10.8. The molecule has 2 fully saturated rings. The number of halogens is 1. The number of amides is 1. The van der Waals surface area contributed by atoms with Crippen LogP contribution in [0.1, 0.15) is 40.2 Å². The summed E-state index contributed by atoms with van der Waals surface area (Å²) in [5.74, 6) is 1.25. The molecular formula is C30H38ClN5O3. The fraction of sp³-hybridized carbons (Fsp3) is 0.433. The molecule has 3 heterocycles. The zero-order valence-electron chi connectivity index (χ0n) is 22.3. The van der Waals surface area contributed by atoms with Crippen molar-refractivity contribution < 1.29 is 14.6 Å². The first-order valence-electron chi connectivity index (χ1n) is 13.9. The van der Waals surface area contributed by atoms with Crippen molar-refractivity contribution in [3.05, 3.63) is 82.8 Å². The number of likely N-dealkylation sites (tertiary alicyclic amines) is 1. The number of hydrogen-bond acceptors (Lipinski definition) is 7. The highest BCUT2D eigenvalue weighted by molar-refractivity contribution is 6.31. The number of nitrogens with zero attached hydrogens (tertiary/aromatic N) is 3. The van der Waals surface area contributed by atoms with Gasteiger partial charge in [0.25, 0.3) is 5.91 Å². The number of aromatic hydroxyl groups is 1. The third kappa shape index (κ3) is 7.54. The molecule has 1 amide bonds. The van der Waals surface area contributed by atoms with Crippen LogP contribution >= 0.6 is 11.6 Å². The zero-order chi connectivity index (χ0) is 27.0. The van der Waals surface area contributed by atoms with E-state index < -0.39 is 0 Å². The highest BCUT2D eigenvalue weighted by Crippen LogP contribution is 2.32. The number of carbonyl (C=O) groups excluding carboxylic acids is 1. The summed E-state index contributed by atoms with van der Waals surface area (Å²) in [5.41, 5.74) is 2.66. The first kappa shape index (κ1) is 27.5. The lowest BCUT2D eigenvalue weighted by atomic mass is 9.86. The molecule has 0 saturated carbocycles. The van der Waals surface area contributed by atoms with E-state index >= 15 is 0 Å². The molecule has 8 nitrogen and oxygen atoms in total. The van der Waals surface area contributed by atoms with Crippen LogP contribution in [0.5, 0.6) is 5.75 Å². The van der Waals surface area contributed by atoms with Crippen LogP contribution in [-0.4, -0.2) is 91.2 Å². The van der Waals surface area contributed by atoms with E-state index in [0.717, 1.165) is 82.9 Å². The number of benzene rings is 2. The molecule has 0 bridgehead atoms. The number of phenols is 1. The third-order valence-corrected chi connectivity index (χ3v) is 7.98. The van der Waals surface area contributed by atoms with Crippen LogP contribution in [0.25, 0.3) is 5.76 Å². The Balaban J connectivity index is 1.12. The Bertz CT molecular complexity index is 1190. The molecule has 9 heteroatoms. The second kappa shape index (κ2) is 13.3. The van der Waals surface area contributed by atoms with Crippen molar-refractivity contribution in [2.24, 2.45) is 0 Å². The molecule has 3 aliphatic rings. The molecule has 2 saturated heterocycles. The van der Waals surface area contributed by atoms with Crippen LogP contribution in [0.3, 0.4) is 0 Å². The van der Waals surface area contributed by atoms with Gasteiger partial charge in [0.05, 0.1) is 0 Å². The largest absolute Gasteiger partial charge is 0.508 e. The molecule has 0 unspecified atom stereocenters. The van der Waals surface area contributed by atoms with E-state index in [1.54, 1.807) is 18.4 Å². The van der Waals surface area contributed by atoms with Gasteiger partial charge in [-0.1, -0.05) is 29.8 Å². The van der Waals surface area contributed by atoms with Crippen LogP contribution in [0.15, 0.2) is 61.1 Å². The number of piperidine rings is 1. The molecular weight excluding hydrogens is 514 g/mol. The Morgan fingerprint density at radius 3 is 2.62 bits per heavy atom. The highest BCUT2D eigenvalue weighted by Gasteiger charge is 2.25. The number of phenolic OH excluding ortho intramolecular Hbond substituents is 1. The maximum atomic E-state index is 13.1. The van der Waals surface area contributed by atoms with Gasteiger partial charge in [-0.15, -0.1) is 0 Å². The average molecular weight is 552 g/mol. The van der Waals surface area contributed by atoms with Crippen molar-refractivity contribution >= 4 is 23.3 Å². The zero-order valence-corrected chi connectivity index (χ0v) is 23.1. The minimum Gasteiger partial charge on any atom is -0.508 e. The van der Waals surface area contributed by atoms with Gasteiger partial charge in [0.15, 0.2) is 0 Å². The average Bonchev–Trinajstić information content (AvgIpc) is 2.97. The van der Waals surface area contributed by atoms with Crippen LogP contribution in [0.4, 0.5) is 0 Å². The third-order valence-electron chi connectivity index (χ3n) is 7.75. The molecule has 3 aliphatic heterocycles. The number of ether oxygens (including phenoxy) is 1. The molecule has 0 aromatic heterocycles. The van der Waals surface area contributed by atoms with Crippen molar-refractivity contribution in [2.75, 3.05) is 65.4 Å². The van der Waals surface area contributed by atoms with Crippen LogP contribution in [0, 0.1) is 0 Å². The predicted octanol–water partition coefficient (Wildman–Crippen LogP) is 3.66. The van der Waals surface area contributed by atoms with Gasteiger partial charge >= 0.3 is 0 Å². The Hall–Kier alpha value is -3.04. The van der Waals surface area contributed by atoms with Gasteiger partial charge in [0, 0.05) is 80.9 Å². The summed E-state index contributed by atoms with van der Waals surface area (Å²) in [6, 6.07) is 12.9. The van der Waals surface area contributed by atoms with Gasteiger partial charge in [0.2, 0.25) is 0 Å². The van der Waals surface area contributed by atoms with Gasteiger partial charge in [-0.2, -0.15) is 0 Å². The predicted molar refractivity (Wildman–Crippen MR) is 155 cm³/mol. The first-order valence-corrected chi connectivity index (χ1v) is 14.3. The van der Waals surface area contributed by atoms with Crippen molar-refractivity contribution in [2.45, 2.75) is 18.8 Å². The van der Waals surface area contributed by atoms with E-state index in [0.29, 0.717) is 28.8 Å². The number of carbonyl (C=O) groups is 1. The molecule has 2 aromatic carbocycles. The summed E-state index contributed by atoms with van der Waals surface area (Å²) in [6.45, 7) is 9.29. The monoisotopic (exact) mass is 551 g/mol. The minimum atomic E-state index is -0.0292. The number of rotatable bonds is 9. The maximum Gasteiger partial charge on any atom is 0.251 e. The van der Waals surface area contributed by atoms with Crippen molar-refractivity contribution in [3.8, 4) is 5.75 Å². The molecule has 0 spiro atoms. The first-order chi connectivity index (χ1) is 19.0. The van der Waals surface area contributed by atoms with E-state index in [9.17, 15) is 9.90 Å². The normalized spacial score (nSPS) is 19.0. The number of nitrogens with one attached hydrogen (secondary N) is 2. The van der Waals surface area contributed by atoms with Crippen LogP contribution < -0.4 is 10.6 Å². The summed E-state index contributed by atoms with van der Waals surface area (Å²) in [7, 11) is 0. The van der Waals surface area contributed by atoms with Crippen molar-refractivity contribution in [1.29, 1.82) is 0 Å². The Labute approximate surface area is 235 Å². The molecule has 3 N–H and O–H groups in total. The number of piperazine rings is 1. The quantitative estimate of drug-likeness (QED) is 0.439. The van der Waals surface area contributed by atoms with Gasteiger partial charge < -0.3 is 30.3 Å². The van der Waals surface area contributed by atoms with E-state index in [4.69, 9.17) is 16.3 Å². The molecule has 5 rings (SSSR count). The van der Waals surface area contributed by atoms with E-state index in [1.807, 2.05) is 42.7 Å². The Morgan fingerprint density at radius 2 is 1.82 bits per heavy atom. The molecule has 2 aromatic rings. The smallest absolute Gasteiger partial charge is 0.251 e. The second-order valence-electron chi connectivity index (χ2n) is 10.4. The fourth-order valence-electron chi connectivity index (χ4n) is 5.51. The van der Waals surface area contributed by atoms with Crippen molar-refractivity contribution in [3.63, 3.8) is 0 Å². The van der Waals surface area contributed by atoms with E-state index in [1.165, 1.54) is 0 Å². The van der Waals surface area contributed by atoms with Crippen molar-refractivity contribution in [1.82, 2.24) is 25.3 Å². The summed E-state index contributed by atoms with van der Waals surface area (Å²) < 4.78 is 5.67. The Morgan fingerprint density at radius 1 is 1.03 bits per heavy atom. The summed E-state index contributed by atoms with van der Waals surface area (Å²) in [6.07, 6.45) is 7.60. The molecule has 39 heavy (non-hydrogen) atoms. The summed E-state index contributed by atoms with van der Waals surface area (Å²) in [4.78, 5) is 20.1.